The predicted molar refractivity (Wildman–Crippen MR) is 60.4 cm³/mol. The van der Waals surface area contributed by atoms with Crippen molar-refractivity contribution in [3.8, 4) is 0 Å². The lowest BCUT2D eigenvalue weighted by atomic mass is 10.1. The minimum absolute atomic E-state index is 0.662. The highest BCUT2D eigenvalue weighted by atomic mass is 32.1. The second-order valence-corrected chi connectivity index (χ2v) is 4.18. The Morgan fingerprint density at radius 1 is 1.46 bits per heavy atom. The smallest absolute Gasteiger partial charge is 0.0105 e. The lowest BCUT2D eigenvalue weighted by Crippen LogP contribution is -2.30. The van der Waals surface area contributed by atoms with E-state index in [0.29, 0.717) is 6.04 Å². The molecule has 13 heavy (non-hydrogen) atoms. The van der Waals surface area contributed by atoms with Gasteiger partial charge in [-0.3, -0.25) is 0 Å². The van der Waals surface area contributed by atoms with Gasteiger partial charge in [0.05, 0.1) is 0 Å². The van der Waals surface area contributed by atoms with Gasteiger partial charge in [-0.25, -0.2) is 0 Å². The molecule has 0 fully saturated rings. The van der Waals surface area contributed by atoms with Crippen molar-refractivity contribution in [3.05, 3.63) is 22.4 Å². The van der Waals surface area contributed by atoms with E-state index in [1.807, 2.05) is 0 Å². The molecule has 1 aromatic rings. The van der Waals surface area contributed by atoms with Gasteiger partial charge in [0.25, 0.3) is 0 Å². The fourth-order valence-electron chi connectivity index (χ4n) is 1.40. The molecule has 0 saturated heterocycles. The number of nitrogens with one attached hydrogen (secondary N) is 1. The molecule has 0 aliphatic rings. The standard InChI is InChI=1S/C11H19NS/c1-3-6-12-11(4-2)8-10-5-7-13-9-10/h5,7,9,11-12H,3-4,6,8H2,1-2H3. The molecule has 0 aromatic carbocycles. The van der Waals surface area contributed by atoms with Crippen LogP contribution in [0.3, 0.4) is 0 Å². The number of hydrogen-bond donors (Lipinski definition) is 1. The van der Waals surface area contributed by atoms with E-state index < -0.39 is 0 Å². The Kier molecular flexibility index (Phi) is 5.09. The molecule has 2 heteroatoms. The first-order valence-electron chi connectivity index (χ1n) is 5.11. The van der Waals surface area contributed by atoms with Gasteiger partial charge in [0.1, 0.15) is 0 Å². The molecule has 0 aliphatic heterocycles. The summed E-state index contributed by atoms with van der Waals surface area (Å²) in [6.07, 6.45) is 3.62. The molecule has 1 atom stereocenters. The summed E-state index contributed by atoms with van der Waals surface area (Å²) < 4.78 is 0. The summed E-state index contributed by atoms with van der Waals surface area (Å²) in [6.45, 7) is 5.60. The monoisotopic (exact) mass is 197 g/mol. The Labute approximate surface area is 85.2 Å². The summed E-state index contributed by atoms with van der Waals surface area (Å²) in [5, 5.41) is 7.96. The fraction of sp³-hybridized carbons (Fsp3) is 0.636. The third kappa shape index (κ3) is 3.92. The second kappa shape index (κ2) is 6.17. The summed E-state index contributed by atoms with van der Waals surface area (Å²) in [4.78, 5) is 0. The predicted octanol–water partition coefficient (Wildman–Crippen LogP) is 3.07. The van der Waals surface area contributed by atoms with E-state index in [4.69, 9.17) is 0 Å². The molecule has 0 amide bonds. The van der Waals surface area contributed by atoms with E-state index in [0.717, 1.165) is 6.54 Å². The van der Waals surface area contributed by atoms with Gasteiger partial charge >= 0.3 is 0 Å². The molecule has 1 heterocycles. The van der Waals surface area contributed by atoms with Crippen molar-refractivity contribution >= 4 is 11.3 Å². The van der Waals surface area contributed by atoms with E-state index in [1.165, 1.54) is 24.8 Å². The highest BCUT2D eigenvalue weighted by molar-refractivity contribution is 7.07. The lowest BCUT2D eigenvalue weighted by molar-refractivity contribution is 0.495. The van der Waals surface area contributed by atoms with Crippen LogP contribution in [0, 0.1) is 0 Å². The Balaban J connectivity index is 2.31. The highest BCUT2D eigenvalue weighted by Crippen LogP contribution is 2.10. The van der Waals surface area contributed by atoms with Crippen LogP contribution in [0.25, 0.3) is 0 Å². The van der Waals surface area contributed by atoms with E-state index in [2.05, 4.69) is 36.0 Å². The molecule has 0 spiro atoms. The van der Waals surface area contributed by atoms with Crippen molar-refractivity contribution in [2.24, 2.45) is 0 Å². The Bertz CT molecular complexity index is 206. The van der Waals surface area contributed by atoms with Crippen molar-refractivity contribution in [2.45, 2.75) is 39.2 Å². The summed E-state index contributed by atoms with van der Waals surface area (Å²) in [5.74, 6) is 0. The SMILES string of the molecule is CCCNC(CC)Cc1ccsc1. The van der Waals surface area contributed by atoms with Crippen LogP contribution in [0.1, 0.15) is 32.3 Å². The van der Waals surface area contributed by atoms with E-state index in [-0.39, 0.29) is 0 Å². The first kappa shape index (κ1) is 10.7. The van der Waals surface area contributed by atoms with Crippen LogP contribution in [0.5, 0.6) is 0 Å². The van der Waals surface area contributed by atoms with Crippen LogP contribution in [-0.2, 0) is 6.42 Å². The van der Waals surface area contributed by atoms with Gasteiger partial charge < -0.3 is 5.32 Å². The van der Waals surface area contributed by atoms with Crippen LogP contribution in [-0.4, -0.2) is 12.6 Å². The maximum absolute atomic E-state index is 3.56. The molecule has 74 valence electrons. The summed E-state index contributed by atoms with van der Waals surface area (Å²) in [7, 11) is 0. The molecule has 0 radical (unpaired) electrons. The van der Waals surface area contributed by atoms with Crippen LogP contribution < -0.4 is 5.32 Å². The van der Waals surface area contributed by atoms with Crippen molar-refractivity contribution < 1.29 is 0 Å². The molecule has 1 N–H and O–H groups in total. The van der Waals surface area contributed by atoms with Gasteiger partial charge in [-0.15, -0.1) is 0 Å². The molecule has 0 aliphatic carbocycles. The summed E-state index contributed by atoms with van der Waals surface area (Å²) >= 11 is 1.79. The summed E-state index contributed by atoms with van der Waals surface area (Å²) in [5.41, 5.74) is 1.47. The Hall–Kier alpha value is -0.340. The number of thiophene rings is 1. The molecule has 1 aromatic heterocycles. The number of hydrogen-bond acceptors (Lipinski definition) is 2. The second-order valence-electron chi connectivity index (χ2n) is 3.40. The van der Waals surface area contributed by atoms with E-state index in [1.54, 1.807) is 11.3 Å². The van der Waals surface area contributed by atoms with Gasteiger partial charge in [0.2, 0.25) is 0 Å². The highest BCUT2D eigenvalue weighted by Gasteiger charge is 2.05. The van der Waals surface area contributed by atoms with Crippen molar-refractivity contribution in [1.82, 2.24) is 5.32 Å². The minimum Gasteiger partial charge on any atom is -0.314 e. The first-order chi connectivity index (χ1) is 6.36. The zero-order chi connectivity index (χ0) is 9.52. The van der Waals surface area contributed by atoms with Gasteiger partial charge in [0.15, 0.2) is 0 Å². The third-order valence-electron chi connectivity index (χ3n) is 2.24. The summed E-state index contributed by atoms with van der Waals surface area (Å²) in [6, 6.07) is 2.88. The largest absolute Gasteiger partial charge is 0.314 e. The first-order valence-corrected chi connectivity index (χ1v) is 6.05. The molecule has 1 nitrogen and oxygen atoms in total. The van der Waals surface area contributed by atoms with Gasteiger partial charge in [-0.05, 0) is 48.2 Å². The van der Waals surface area contributed by atoms with Gasteiger partial charge in [-0.2, -0.15) is 11.3 Å². The van der Waals surface area contributed by atoms with Gasteiger partial charge in [-0.1, -0.05) is 13.8 Å². The molecule has 1 unspecified atom stereocenters. The van der Waals surface area contributed by atoms with Gasteiger partial charge in [0, 0.05) is 6.04 Å². The van der Waals surface area contributed by atoms with E-state index >= 15 is 0 Å². The van der Waals surface area contributed by atoms with Crippen LogP contribution in [0.2, 0.25) is 0 Å². The average molecular weight is 197 g/mol. The molecular weight excluding hydrogens is 178 g/mol. The van der Waals surface area contributed by atoms with Crippen molar-refractivity contribution in [3.63, 3.8) is 0 Å². The number of rotatable bonds is 6. The fourth-order valence-corrected chi connectivity index (χ4v) is 2.08. The van der Waals surface area contributed by atoms with Crippen molar-refractivity contribution in [2.75, 3.05) is 6.54 Å². The minimum atomic E-state index is 0.662. The molecular formula is C11H19NS. The maximum atomic E-state index is 3.56. The van der Waals surface area contributed by atoms with E-state index in [9.17, 15) is 0 Å². The Morgan fingerprint density at radius 2 is 2.31 bits per heavy atom. The lowest BCUT2D eigenvalue weighted by Gasteiger charge is -2.15. The zero-order valence-corrected chi connectivity index (χ0v) is 9.36. The van der Waals surface area contributed by atoms with Crippen LogP contribution >= 0.6 is 11.3 Å². The third-order valence-corrected chi connectivity index (χ3v) is 2.97. The molecule has 0 bridgehead atoms. The average Bonchev–Trinajstić information content (AvgIpc) is 2.64. The van der Waals surface area contributed by atoms with Crippen LogP contribution in [0.15, 0.2) is 16.8 Å². The zero-order valence-electron chi connectivity index (χ0n) is 8.55. The molecule has 0 saturated carbocycles. The van der Waals surface area contributed by atoms with Crippen molar-refractivity contribution in [1.29, 1.82) is 0 Å². The topological polar surface area (TPSA) is 12.0 Å². The Morgan fingerprint density at radius 3 is 2.85 bits per heavy atom. The van der Waals surface area contributed by atoms with Crippen LogP contribution in [0.4, 0.5) is 0 Å². The normalized spacial score (nSPS) is 13.1. The maximum Gasteiger partial charge on any atom is 0.0105 e. The quantitative estimate of drug-likeness (QED) is 0.739. The molecule has 1 rings (SSSR count).